The fourth-order valence-corrected chi connectivity index (χ4v) is 8.93. The second-order valence-corrected chi connectivity index (χ2v) is 18.9. The first-order valence-corrected chi connectivity index (χ1v) is 23.6. The number of allylic oxidation sites excluding steroid dienone is 2. The lowest BCUT2D eigenvalue weighted by molar-refractivity contribution is -0.160. The molecule has 0 aliphatic carbocycles. The van der Waals surface area contributed by atoms with Gasteiger partial charge in [-0.05, 0) is 51.1 Å². The van der Waals surface area contributed by atoms with Crippen LogP contribution in [0.15, 0.2) is 65.5 Å². The van der Waals surface area contributed by atoms with Gasteiger partial charge >= 0.3 is 17.7 Å². The Kier molecular flexibility index (Phi) is 18.6. The van der Waals surface area contributed by atoms with Crippen LogP contribution in [-0.2, 0) is 35.0 Å². The van der Waals surface area contributed by atoms with Crippen LogP contribution >= 0.6 is 0 Å². The maximum Gasteiger partial charge on any atom is 0.320 e. The van der Waals surface area contributed by atoms with Crippen molar-refractivity contribution < 1.29 is 73.2 Å². The molecule has 0 radical (unpaired) electrons. The van der Waals surface area contributed by atoms with Gasteiger partial charge in [-0.25, -0.2) is 4.39 Å². The number of phenols is 3. The Morgan fingerprint density at radius 2 is 1.65 bits per heavy atom. The number of hydrogen-bond donors (Lipinski definition) is 8. The van der Waals surface area contributed by atoms with Gasteiger partial charge in [-0.2, -0.15) is 5.10 Å². The van der Waals surface area contributed by atoms with Gasteiger partial charge < -0.3 is 65.5 Å². The van der Waals surface area contributed by atoms with Crippen molar-refractivity contribution in [2.45, 2.75) is 98.1 Å². The number of nitrogens with one attached hydrogen (secondary N) is 1. The number of anilines is 1. The number of fused-ring (bicyclic) bond motifs is 14. The molecular formula is C52H68FN5O14. The van der Waals surface area contributed by atoms with Crippen LogP contribution in [0, 0.1) is 36.4 Å². The largest absolute Gasteiger partial charge is 0.507 e. The number of aromatic hydroxyl groups is 3. The maximum absolute atomic E-state index is 14.4. The maximum atomic E-state index is 14.4. The number of likely N-dealkylation sites (N-methyl/N-ethyl adjacent to an activating group) is 1. The number of aliphatic hydroxyl groups is 2. The SMILES string of the molecule is CO[C@H]1/C=C/O[C@@]2(C)Oc3c(C)c(O)c4c(O)c(c(/C=N\N5CCN(C)CC5)c(O)c4c3C2=O)NC(=O)/C(C)=C\C=C\[C@H](C)[C@H](O)[C@@H](C)[C@@H](O)[C@@H](C)[C@H](OC(C)=O)[C@@H]1C.NC(Cc1cccc(F)c1)C(=O)O. The molecule has 20 heteroatoms. The van der Waals surface area contributed by atoms with Crippen LogP contribution in [0.25, 0.3) is 10.8 Å². The lowest BCUT2D eigenvalue weighted by Crippen LogP contribution is -2.46. The van der Waals surface area contributed by atoms with E-state index < -0.39 is 101 Å². The number of halogens is 1. The van der Waals surface area contributed by atoms with Crippen molar-refractivity contribution in [2.75, 3.05) is 45.7 Å². The molecule has 4 aliphatic rings. The van der Waals surface area contributed by atoms with Crippen molar-refractivity contribution in [2.24, 2.45) is 34.5 Å². The first kappa shape index (κ1) is 56.3. The van der Waals surface area contributed by atoms with E-state index in [1.807, 2.05) is 7.05 Å². The van der Waals surface area contributed by atoms with Gasteiger partial charge in [-0.1, -0.05) is 58.1 Å². The van der Waals surface area contributed by atoms with E-state index in [-0.39, 0.29) is 56.7 Å². The highest BCUT2D eigenvalue weighted by Crippen LogP contribution is 2.55. The standard InChI is InChI=1S/C43H58N4O12.C9H10FNO2/c1-21-12-11-13-22(2)42(55)45-33-28(20-44-47-17-15-46(9)16-18-47)37(52)30-31(38(33)53)36(51)26(6)40-32(30)41(54)43(8,59-40)57-19-14-29(56-10)23(3)39(58-27(7)48)25(5)35(50)24(4)34(21)49;10-7-3-1-2-6(4-7)5-8(11)9(12)13/h11-14,19-21,23-25,29,34-35,39,49-53H,15-18H2,1-10H3,(H,45,55);1-4,8H,5,11H2,(H,12,13)/b12-11+,19-14+,22-13-,44-20-;/t21-,23+,24+,25+,29-,34-,35+,39+,43-;/m0./s1. The van der Waals surface area contributed by atoms with Crippen molar-refractivity contribution in [3.8, 4) is 23.0 Å². The Morgan fingerprint density at radius 3 is 2.26 bits per heavy atom. The molecule has 9 N–H and O–H groups in total. The third-order valence-corrected chi connectivity index (χ3v) is 13.5. The number of rotatable bonds is 7. The summed E-state index contributed by atoms with van der Waals surface area (Å²) in [5, 5.41) is 75.3. The van der Waals surface area contributed by atoms with Gasteiger partial charge in [0.25, 0.3) is 11.7 Å². The minimum Gasteiger partial charge on any atom is -0.507 e. The number of ketones is 1. The van der Waals surface area contributed by atoms with Gasteiger partial charge in [-0.3, -0.25) is 24.2 Å². The number of carboxylic acids is 1. The van der Waals surface area contributed by atoms with E-state index in [0.717, 1.165) is 13.1 Å². The van der Waals surface area contributed by atoms with Gasteiger partial charge in [-0.15, -0.1) is 0 Å². The number of aliphatic carboxylic acids is 1. The van der Waals surface area contributed by atoms with Crippen LogP contribution in [0.4, 0.5) is 10.1 Å². The van der Waals surface area contributed by atoms with E-state index in [4.69, 9.17) is 29.8 Å². The molecule has 4 heterocycles. The number of carbonyl (C=O) groups excluding carboxylic acids is 3. The Bertz CT molecular complexity index is 2630. The number of amides is 1. The summed E-state index contributed by atoms with van der Waals surface area (Å²) in [7, 11) is 3.42. The molecule has 1 amide bonds. The second kappa shape index (κ2) is 23.8. The predicted molar refractivity (Wildman–Crippen MR) is 266 cm³/mol. The first-order valence-electron chi connectivity index (χ1n) is 23.6. The van der Waals surface area contributed by atoms with Gasteiger partial charge in [0.2, 0.25) is 0 Å². The number of carboxylic acid groups (broad SMARTS) is 1. The van der Waals surface area contributed by atoms with Crippen molar-refractivity contribution in [1.29, 1.82) is 0 Å². The number of benzene rings is 3. The summed E-state index contributed by atoms with van der Waals surface area (Å²) in [5.41, 5.74) is 5.52. The highest BCUT2D eigenvalue weighted by Gasteiger charge is 2.50. The summed E-state index contributed by atoms with van der Waals surface area (Å²) in [6, 6.07) is 4.78. The fourth-order valence-electron chi connectivity index (χ4n) is 8.93. The highest BCUT2D eigenvalue weighted by molar-refractivity contribution is 6.23. The number of Topliss-reactive ketones (excluding diaryl/α,β-unsaturated/α-hetero) is 1. The van der Waals surface area contributed by atoms with E-state index in [9.17, 15) is 49.1 Å². The number of nitrogens with two attached hydrogens (primary N) is 1. The van der Waals surface area contributed by atoms with Crippen LogP contribution in [0.1, 0.15) is 75.5 Å². The molecule has 0 saturated carbocycles. The number of hydrazone groups is 1. The number of piperazine rings is 1. The van der Waals surface area contributed by atoms with Crippen molar-refractivity contribution in [3.05, 3.63) is 88.5 Å². The normalized spacial score (nSPS) is 28.5. The molecule has 1 fully saturated rings. The molecule has 72 heavy (non-hydrogen) atoms. The quantitative estimate of drug-likeness (QED) is 0.0660. The van der Waals surface area contributed by atoms with E-state index in [1.54, 1.807) is 50.9 Å². The van der Waals surface area contributed by atoms with E-state index in [1.165, 1.54) is 77.6 Å². The molecule has 392 valence electrons. The number of hydrogen-bond acceptors (Lipinski definition) is 17. The number of methoxy groups -OCH3 is 1. The molecule has 19 nitrogen and oxygen atoms in total. The summed E-state index contributed by atoms with van der Waals surface area (Å²) in [4.78, 5) is 53.0. The second-order valence-electron chi connectivity index (χ2n) is 18.9. The number of phenolic OH excluding ortho intramolecular Hbond substituents is 3. The smallest absolute Gasteiger partial charge is 0.320 e. The van der Waals surface area contributed by atoms with Crippen LogP contribution in [-0.4, -0.2) is 147 Å². The average molecular weight is 1010 g/mol. The fraction of sp³-hybridized carbons (Fsp3) is 0.481. The molecule has 10 atom stereocenters. The first-order chi connectivity index (χ1) is 33.8. The van der Waals surface area contributed by atoms with Crippen molar-refractivity contribution >= 4 is 46.3 Å². The molecule has 5 bridgehead atoms. The minimum absolute atomic E-state index is 0.0559. The zero-order valence-corrected chi connectivity index (χ0v) is 42.3. The third kappa shape index (κ3) is 12.5. The molecule has 3 aromatic rings. The molecule has 1 unspecified atom stereocenters. The third-order valence-electron chi connectivity index (χ3n) is 13.5. The zero-order chi connectivity index (χ0) is 53.5. The van der Waals surface area contributed by atoms with E-state index in [0.29, 0.717) is 18.7 Å². The average Bonchev–Trinajstić information content (AvgIpc) is 3.60. The summed E-state index contributed by atoms with van der Waals surface area (Å²) in [5.74, 6) is -9.80. The Balaban J connectivity index is 0.000000642. The van der Waals surface area contributed by atoms with Crippen LogP contribution in [0.2, 0.25) is 0 Å². The van der Waals surface area contributed by atoms with Crippen molar-refractivity contribution in [3.63, 3.8) is 0 Å². The Hall–Kier alpha value is -6.58. The zero-order valence-electron chi connectivity index (χ0n) is 42.3. The molecule has 0 aromatic heterocycles. The lowest BCUT2D eigenvalue weighted by atomic mass is 9.78. The summed E-state index contributed by atoms with van der Waals surface area (Å²) in [6.45, 7) is 15.1. The molecule has 4 aliphatic heterocycles. The predicted octanol–water partition coefficient (Wildman–Crippen LogP) is 5.12. The summed E-state index contributed by atoms with van der Waals surface area (Å²) in [6.07, 6.45) is 5.01. The number of ether oxygens (including phenoxy) is 4. The number of carbonyl (C=O) groups is 4. The van der Waals surface area contributed by atoms with Gasteiger partial charge in [0.1, 0.15) is 35.2 Å². The molecular weight excluding hydrogens is 938 g/mol. The topological polar surface area (TPSA) is 283 Å². The summed E-state index contributed by atoms with van der Waals surface area (Å²) >= 11 is 0. The molecule has 1 saturated heterocycles. The number of esters is 1. The monoisotopic (exact) mass is 1010 g/mol. The van der Waals surface area contributed by atoms with Crippen molar-refractivity contribution in [1.82, 2.24) is 9.91 Å². The van der Waals surface area contributed by atoms with Gasteiger partial charge in [0, 0.05) is 87.3 Å². The molecule has 0 spiro atoms. The highest BCUT2D eigenvalue weighted by atomic mass is 19.1. The Labute approximate surface area is 418 Å². The minimum atomic E-state index is -2.04. The lowest BCUT2D eigenvalue weighted by Gasteiger charge is -2.38. The van der Waals surface area contributed by atoms with Crippen LogP contribution < -0.4 is 15.8 Å². The Morgan fingerprint density at radius 1 is 0.986 bits per heavy atom. The van der Waals surface area contributed by atoms with E-state index >= 15 is 0 Å². The van der Waals surface area contributed by atoms with Gasteiger partial charge in [0.15, 0.2) is 5.75 Å². The number of nitrogens with zero attached hydrogens (tertiary/aromatic N) is 3. The van der Waals surface area contributed by atoms with Gasteiger partial charge in [0.05, 0.1) is 53.0 Å². The van der Waals surface area contributed by atoms with Crippen LogP contribution in [0.3, 0.4) is 0 Å². The van der Waals surface area contributed by atoms with E-state index in [2.05, 4.69) is 15.3 Å². The molecule has 7 rings (SSSR count). The number of aliphatic hydroxyl groups excluding tert-OH is 2. The summed E-state index contributed by atoms with van der Waals surface area (Å²) < 4.78 is 36.2. The molecule has 3 aromatic carbocycles. The van der Waals surface area contributed by atoms with Crippen LogP contribution in [0.5, 0.6) is 23.0 Å².